The van der Waals surface area contributed by atoms with Gasteiger partial charge in [-0.1, -0.05) is 13.8 Å². The van der Waals surface area contributed by atoms with Crippen LogP contribution in [0.25, 0.3) is 0 Å². The van der Waals surface area contributed by atoms with Gasteiger partial charge in [0.25, 0.3) is 0 Å². The molecule has 0 atom stereocenters. The predicted octanol–water partition coefficient (Wildman–Crippen LogP) is 2.42. The van der Waals surface area contributed by atoms with Gasteiger partial charge in [0.15, 0.2) is 5.96 Å². The second-order valence-corrected chi connectivity index (χ2v) is 4.64. The molecule has 0 fully saturated rings. The number of hydrogen-bond donors (Lipinski definition) is 2. The van der Waals surface area contributed by atoms with Crippen molar-refractivity contribution in [2.45, 2.75) is 27.3 Å². The van der Waals surface area contributed by atoms with E-state index in [9.17, 15) is 0 Å². The number of nitrogens with one attached hydrogen (secondary N) is 2. The van der Waals surface area contributed by atoms with Crippen LogP contribution in [0, 0.1) is 5.92 Å². The molecular formula is C14H25IN4O. The van der Waals surface area contributed by atoms with Gasteiger partial charge in [-0.3, -0.25) is 4.99 Å². The van der Waals surface area contributed by atoms with Crippen LogP contribution in [0.5, 0.6) is 5.88 Å². The summed E-state index contributed by atoms with van der Waals surface area (Å²) in [6.45, 7) is 8.50. The summed E-state index contributed by atoms with van der Waals surface area (Å²) in [5.41, 5.74) is 1.12. The van der Waals surface area contributed by atoms with Crippen molar-refractivity contribution in [1.82, 2.24) is 15.6 Å². The summed E-state index contributed by atoms with van der Waals surface area (Å²) in [6.07, 6.45) is 1.76. The maximum Gasteiger partial charge on any atom is 0.213 e. The topological polar surface area (TPSA) is 58.5 Å². The number of ether oxygens (including phenoxy) is 1. The van der Waals surface area contributed by atoms with Gasteiger partial charge in [0.05, 0.1) is 6.61 Å². The van der Waals surface area contributed by atoms with Crippen molar-refractivity contribution in [2.75, 3.05) is 20.2 Å². The van der Waals surface area contributed by atoms with E-state index in [0.29, 0.717) is 24.9 Å². The van der Waals surface area contributed by atoms with Crippen LogP contribution in [0.2, 0.25) is 0 Å². The number of aromatic nitrogens is 1. The molecule has 0 saturated carbocycles. The van der Waals surface area contributed by atoms with Crippen molar-refractivity contribution in [3.05, 3.63) is 23.9 Å². The minimum atomic E-state index is 0. The number of nitrogens with zero attached hydrogens (tertiary/aromatic N) is 2. The molecule has 0 radical (unpaired) electrons. The Bertz CT molecular complexity index is 410. The van der Waals surface area contributed by atoms with Crippen LogP contribution in [-0.4, -0.2) is 31.1 Å². The van der Waals surface area contributed by atoms with Gasteiger partial charge in [-0.15, -0.1) is 24.0 Å². The van der Waals surface area contributed by atoms with E-state index in [1.807, 2.05) is 19.1 Å². The van der Waals surface area contributed by atoms with Gasteiger partial charge in [0.2, 0.25) is 5.88 Å². The zero-order chi connectivity index (χ0) is 14.1. The van der Waals surface area contributed by atoms with E-state index >= 15 is 0 Å². The fraction of sp³-hybridized carbons (Fsp3) is 0.571. The summed E-state index contributed by atoms with van der Waals surface area (Å²) in [6, 6.07) is 3.90. The normalized spacial score (nSPS) is 10.9. The van der Waals surface area contributed by atoms with Gasteiger partial charge < -0.3 is 15.4 Å². The highest BCUT2D eigenvalue weighted by atomic mass is 127. The number of aliphatic imine (C=N–C) groups is 1. The lowest BCUT2D eigenvalue weighted by Crippen LogP contribution is -2.38. The molecule has 20 heavy (non-hydrogen) atoms. The monoisotopic (exact) mass is 392 g/mol. The first-order valence-electron chi connectivity index (χ1n) is 6.68. The Hall–Kier alpha value is -1.05. The Labute approximate surface area is 138 Å². The first kappa shape index (κ1) is 18.9. The minimum Gasteiger partial charge on any atom is -0.478 e. The highest BCUT2D eigenvalue weighted by Crippen LogP contribution is 2.08. The largest absolute Gasteiger partial charge is 0.478 e. The second-order valence-electron chi connectivity index (χ2n) is 4.64. The van der Waals surface area contributed by atoms with Crippen molar-refractivity contribution in [2.24, 2.45) is 10.9 Å². The van der Waals surface area contributed by atoms with Crippen LogP contribution in [0.1, 0.15) is 26.3 Å². The molecule has 0 unspecified atom stereocenters. The van der Waals surface area contributed by atoms with Crippen molar-refractivity contribution in [3.8, 4) is 5.88 Å². The van der Waals surface area contributed by atoms with Gasteiger partial charge in [-0.2, -0.15) is 0 Å². The number of guanidine groups is 1. The Morgan fingerprint density at radius 1 is 1.40 bits per heavy atom. The van der Waals surface area contributed by atoms with Crippen LogP contribution in [0.15, 0.2) is 23.3 Å². The molecule has 0 aliphatic rings. The first-order valence-corrected chi connectivity index (χ1v) is 6.68. The number of halogens is 1. The number of hydrogen-bond acceptors (Lipinski definition) is 3. The molecule has 1 rings (SSSR count). The maximum absolute atomic E-state index is 5.37. The lowest BCUT2D eigenvalue weighted by Gasteiger charge is -2.13. The summed E-state index contributed by atoms with van der Waals surface area (Å²) in [5, 5.41) is 6.54. The summed E-state index contributed by atoms with van der Waals surface area (Å²) < 4.78 is 5.37. The molecule has 6 heteroatoms. The minimum absolute atomic E-state index is 0. The standard InChI is InChI=1S/C14H24N4O.HI/c1-5-19-13-8-12(6-7-16-13)10-18-14(15-4)17-9-11(2)3;/h6-8,11H,5,9-10H2,1-4H3,(H2,15,17,18);1H. The highest BCUT2D eigenvalue weighted by molar-refractivity contribution is 14.0. The van der Waals surface area contributed by atoms with Crippen LogP contribution in [0.3, 0.4) is 0 Å². The van der Waals surface area contributed by atoms with E-state index in [1.54, 1.807) is 13.2 Å². The molecule has 1 heterocycles. The van der Waals surface area contributed by atoms with Crippen LogP contribution >= 0.6 is 24.0 Å². The fourth-order valence-corrected chi connectivity index (χ4v) is 1.49. The van der Waals surface area contributed by atoms with E-state index in [1.165, 1.54) is 0 Å². The molecule has 0 amide bonds. The summed E-state index contributed by atoms with van der Waals surface area (Å²) in [7, 11) is 1.77. The van der Waals surface area contributed by atoms with E-state index < -0.39 is 0 Å². The molecule has 2 N–H and O–H groups in total. The van der Waals surface area contributed by atoms with Crippen LogP contribution in [0.4, 0.5) is 0 Å². The maximum atomic E-state index is 5.37. The quantitative estimate of drug-likeness (QED) is 0.444. The van der Waals surface area contributed by atoms with Crippen molar-refractivity contribution in [3.63, 3.8) is 0 Å². The average molecular weight is 392 g/mol. The molecule has 0 aromatic carbocycles. The molecular weight excluding hydrogens is 367 g/mol. The molecule has 0 saturated heterocycles. The van der Waals surface area contributed by atoms with E-state index in [2.05, 4.69) is 34.5 Å². The van der Waals surface area contributed by atoms with Crippen molar-refractivity contribution in [1.29, 1.82) is 0 Å². The van der Waals surface area contributed by atoms with E-state index in [4.69, 9.17) is 4.74 Å². The molecule has 1 aromatic rings. The third-order valence-corrected chi connectivity index (χ3v) is 2.45. The Morgan fingerprint density at radius 2 is 2.15 bits per heavy atom. The molecule has 0 bridgehead atoms. The number of pyridine rings is 1. The van der Waals surface area contributed by atoms with Crippen LogP contribution in [-0.2, 0) is 6.54 Å². The molecule has 0 aliphatic carbocycles. The third kappa shape index (κ3) is 7.52. The SMILES string of the molecule is CCOc1cc(CNC(=NC)NCC(C)C)ccn1.I. The molecule has 1 aromatic heterocycles. The second kappa shape index (κ2) is 10.7. The lowest BCUT2D eigenvalue weighted by molar-refractivity contribution is 0.326. The Balaban J connectivity index is 0.00000361. The van der Waals surface area contributed by atoms with Gasteiger partial charge in [0.1, 0.15) is 0 Å². The van der Waals surface area contributed by atoms with Gasteiger partial charge in [-0.05, 0) is 24.5 Å². The fourth-order valence-electron chi connectivity index (χ4n) is 1.49. The highest BCUT2D eigenvalue weighted by Gasteiger charge is 2.01. The summed E-state index contributed by atoms with van der Waals surface area (Å²) in [5.74, 6) is 2.06. The summed E-state index contributed by atoms with van der Waals surface area (Å²) >= 11 is 0. The van der Waals surface area contributed by atoms with E-state index in [0.717, 1.165) is 18.1 Å². The van der Waals surface area contributed by atoms with Gasteiger partial charge in [-0.25, -0.2) is 4.98 Å². The zero-order valence-electron chi connectivity index (χ0n) is 12.6. The smallest absolute Gasteiger partial charge is 0.213 e. The zero-order valence-corrected chi connectivity index (χ0v) is 15.0. The predicted molar refractivity (Wildman–Crippen MR) is 93.9 cm³/mol. The van der Waals surface area contributed by atoms with Gasteiger partial charge in [0, 0.05) is 32.4 Å². The van der Waals surface area contributed by atoms with Gasteiger partial charge >= 0.3 is 0 Å². The lowest BCUT2D eigenvalue weighted by atomic mass is 10.2. The van der Waals surface area contributed by atoms with Crippen molar-refractivity contribution >= 4 is 29.9 Å². The molecule has 114 valence electrons. The molecule has 5 nitrogen and oxygen atoms in total. The van der Waals surface area contributed by atoms with Crippen molar-refractivity contribution < 1.29 is 4.74 Å². The Morgan fingerprint density at radius 3 is 2.75 bits per heavy atom. The molecule has 0 aliphatic heterocycles. The Kier molecular flexibility index (Phi) is 10.1. The summed E-state index contributed by atoms with van der Waals surface area (Å²) in [4.78, 5) is 8.32. The number of rotatable bonds is 6. The first-order chi connectivity index (χ1) is 9.15. The molecule has 0 spiro atoms. The van der Waals surface area contributed by atoms with Crippen LogP contribution < -0.4 is 15.4 Å². The van der Waals surface area contributed by atoms with E-state index in [-0.39, 0.29) is 24.0 Å². The third-order valence-electron chi connectivity index (χ3n) is 2.45. The average Bonchev–Trinajstić information content (AvgIpc) is 2.39.